The van der Waals surface area contributed by atoms with E-state index in [2.05, 4.69) is 25.7 Å². The van der Waals surface area contributed by atoms with E-state index in [-0.39, 0.29) is 5.75 Å². The summed E-state index contributed by atoms with van der Waals surface area (Å²) in [5, 5.41) is 1.23. The van der Waals surface area contributed by atoms with Crippen molar-refractivity contribution in [2.24, 2.45) is 5.92 Å². The first kappa shape index (κ1) is 21.0. The van der Waals surface area contributed by atoms with Gasteiger partial charge in [0, 0.05) is 37.0 Å². The van der Waals surface area contributed by atoms with Gasteiger partial charge in [0.15, 0.2) is 0 Å². The molecule has 1 aliphatic heterocycles. The Hall–Kier alpha value is -1.25. The number of piperazine rings is 1. The maximum absolute atomic E-state index is 12.3. The quantitative estimate of drug-likeness (QED) is 0.713. The molecule has 3 heterocycles. The third-order valence-corrected chi connectivity index (χ3v) is 9.53. The number of hydrogen-bond acceptors (Lipinski definition) is 6. The minimum absolute atomic E-state index is 0.166. The third kappa shape index (κ3) is 3.91. The SMILES string of the molecule is CC[C@@H](C)c1nc(N2CCN(S(=O)(=O)CC)CC2)c2c3c(sc2n1)C[C@@H](C)CC3. The Morgan fingerprint density at radius 3 is 2.55 bits per heavy atom. The lowest BCUT2D eigenvalue weighted by Gasteiger charge is -2.35. The van der Waals surface area contributed by atoms with Gasteiger partial charge < -0.3 is 4.90 Å². The molecule has 0 unspecified atom stereocenters. The van der Waals surface area contributed by atoms with Crippen molar-refractivity contribution in [3.05, 3.63) is 16.3 Å². The van der Waals surface area contributed by atoms with Crippen molar-refractivity contribution in [1.29, 1.82) is 0 Å². The van der Waals surface area contributed by atoms with Gasteiger partial charge in [-0.25, -0.2) is 18.4 Å². The van der Waals surface area contributed by atoms with Gasteiger partial charge in [-0.1, -0.05) is 20.8 Å². The van der Waals surface area contributed by atoms with Gasteiger partial charge in [0.25, 0.3) is 0 Å². The molecule has 0 spiro atoms. The van der Waals surface area contributed by atoms with E-state index in [1.165, 1.54) is 22.2 Å². The van der Waals surface area contributed by atoms with Crippen molar-refractivity contribution >= 4 is 37.4 Å². The highest BCUT2D eigenvalue weighted by Crippen LogP contribution is 2.41. The van der Waals surface area contributed by atoms with Gasteiger partial charge in [0.1, 0.15) is 16.5 Å². The molecule has 6 nitrogen and oxygen atoms in total. The fourth-order valence-electron chi connectivity index (χ4n) is 4.33. The molecule has 1 saturated heterocycles. The number of hydrogen-bond donors (Lipinski definition) is 0. The van der Waals surface area contributed by atoms with Crippen LogP contribution in [0.2, 0.25) is 0 Å². The molecular weight excluding hydrogens is 404 g/mol. The predicted molar refractivity (Wildman–Crippen MR) is 121 cm³/mol. The molecule has 0 N–H and O–H groups in total. The lowest BCUT2D eigenvalue weighted by molar-refractivity contribution is 0.384. The lowest BCUT2D eigenvalue weighted by atomic mass is 9.89. The van der Waals surface area contributed by atoms with Gasteiger partial charge in [0.2, 0.25) is 10.0 Å². The first-order valence-electron chi connectivity index (χ1n) is 10.9. The molecule has 2 atom stereocenters. The first-order chi connectivity index (χ1) is 13.8. The smallest absolute Gasteiger partial charge is 0.213 e. The second-order valence-corrected chi connectivity index (χ2v) is 11.9. The molecule has 0 aromatic carbocycles. The number of fused-ring (bicyclic) bond motifs is 3. The molecular formula is C21H32N4O2S2. The van der Waals surface area contributed by atoms with Crippen LogP contribution in [-0.4, -0.2) is 54.6 Å². The van der Waals surface area contributed by atoms with E-state index in [0.29, 0.717) is 32.1 Å². The molecule has 1 aliphatic carbocycles. The van der Waals surface area contributed by atoms with Crippen molar-refractivity contribution < 1.29 is 8.42 Å². The third-order valence-electron chi connectivity index (χ3n) is 6.50. The Balaban J connectivity index is 1.74. The minimum Gasteiger partial charge on any atom is -0.353 e. The molecule has 160 valence electrons. The highest BCUT2D eigenvalue weighted by atomic mass is 32.2. The van der Waals surface area contributed by atoms with Crippen LogP contribution < -0.4 is 4.90 Å². The van der Waals surface area contributed by atoms with Gasteiger partial charge in [-0.2, -0.15) is 4.31 Å². The standard InChI is InChI=1S/C21H32N4O2S2/c1-5-15(4)19-22-20(24-9-11-25(12-10-24)29(26,27)6-2)18-16-8-7-14(3)13-17(16)28-21(18)23-19/h14-15H,5-13H2,1-4H3/t14-,15+/m0/s1. The Morgan fingerprint density at radius 1 is 1.17 bits per heavy atom. The number of aryl methyl sites for hydroxylation is 1. The van der Waals surface area contributed by atoms with E-state index in [0.717, 1.165) is 41.7 Å². The molecule has 1 fully saturated rings. The van der Waals surface area contributed by atoms with E-state index in [1.807, 2.05) is 11.3 Å². The van der Waals surface area contributed by atoms with Crippen molar-refractivity contribution in [1.82, 2.24) is 14.3 Å². The summed E-state index contributed by atoms with van der Waals surface area (Å²) in [4.78, 5) is 14.9. The van der Waals surface area contributed by atoms with E-state index in [4.69, 9.17) is 9.97 Å². The number of sulfonamides is 1. The molecule has 2 aliphatic rings. The van der Waals surface area contributed by atoms with Crippen LogP contribution in [0, 0.1) is 5.92 Å². The Bertz CT molecular complexity index is 994. The van der Waals surface area contributed by atoms with Crippen LogP contribution in [-0.2, 0) is 22.9 Å². The van der Waals surface area contributed by atoms with Crippen LogP contribution in [0.15, 0.2) is 0 Å². The van der Waals surface area contributed by atoms with E-state index in [1.54, 1.807) is 11.2 Å². The van der Waals surface area contributed by atoms with Gasteiger partial charge >= 0.3 is 0 Å². The fraction of sp³-hybridized carbons (Fsp3) is 0.714. The van der Waals surface area contributed by atoms with Crippen molar-refractivity contribution in [2.45, 2.75) is 59.3 Å². The summed E-state index contributed by atoms with van der Waals surface area (Å²) < 4.78 is 26.1. The molecule has 29 heavy (non-hydrogen) atoms. The lowest BCUT2D eigenvalue weighted by Crippen LogP contribution is -2.49. The zero-order valence-corrected chi connectivity index (χ0v) is 19.6. The monoisotopic (exact) mass is 436 g/mol. The molecule has 2 aromatic heterocycles. The average Bonchev–Trinajstić information content (AvgIpc) is 3.09. The second kappa shape index (κ2) is 8.12. The van der Waals surface area contributed by atoms with Crippen LogP contribution in [0.25, 0.3) is 10.2 Å². The van der Waals surface area contributed by atoms with Gasteiger partial charge in [-0.15, -0.1) is 11.3 Å². The summed E-state index contributed by atoms with van der Waals surface area (Å²) in [6.07, 6.45) is 4.46. The van der Waals surface area contributed by atoms with Crippen molar-refractivity contribution in [2.75, 3.05) is 36.8 Å². The number of rotatable bonds is 5. The molecule has 2 aromatic rings. The first-order valence-corrected chi connectivity index (χ1v) is 13.3. The van der Waals surface area contributed by atoms with Crippen molar-refractivity contribution in [3.8, 4) is 0 Å². The van der Waals surface area contributed by atoms with Gasteiger partial charge in [-0.05, 0) is 44.1 Å². The molecule has 8 heteroatoms. The molecule has 0 saturated carbocycles. The summed E-state index contributed by atoms with van der Waals surface area (Å²) in [6.45, 7) is 10.8. The summed E-state index contributed by atoms with van der Waals surface area (Å²) >= 11 is 1.85. The topological polar surface area (TPSA) is 66.4 Å². The summed E-state index contributed by atoms with van der Waals surface area (Å²) in [6, 6.07) is 0. The fourth-order valence-corrected chi connectivity index (χ4v) is 6.80. The Labute approximate surface area is 178 Å². The largest absolute Gasteiger partial charge is 0.353 e. The Kier molecular flexibility index (Phi) is 5.88. The number of anilines is 1. The molecule has 0 bridgehead atoms. The van der Waals surface area contributed by atoms with Crippen LogP contribution in [0.3, 0.4) is 0 Å². The number of aromatic nitrogens is 2. The number of thiophene rings is 1. The van der Waals surface area contributed by atoms with Crippen LogP contribution >= 0.6 is 11.3 Å². The zero-order valence-electron chi connectivity index (χ0n) is 17.9. The average molecular weight is 437 g/mol. The number of nitrogens with zero attached hydrogens (tertiary/aromatic N) is 4. The molecule has 0 amide bonds. The summed E-state index contributed by atoms with van der Waals surface area (Å²) in [5.41, 5.74) is 1.44. The van der Waals surface area contributed by atoms with Gasteiger partial charge in [-0.3, -0.25) is 0 Å². The maximum atomic E-state index is 12.3. The molecule has 4 rings (SSSR count). The van der Waals surface area contributed by atoms with Crippen molar-refractivity contribution in [3.63, 3.8) is 0 Å². The summed E-state index contributed by atoms with van der Waals surface area (Å²) in [5.74, 6) is 3.16. The second-order valence-electron chi connectivity index (χ2n) is 8.53. The summed E-state index contributed by atoms with van der Waals surface area (Å²) in [7, 11) is -3.13. The van der Waals surface area contributed by atoms with E-state index < -0.39 is 10.0 Å². The normalized spacial score (nSPS) is 22.1. The highest BCUT2D eigenvalue weighted by Gasteiger charge is 2.30. The van der Waals surface area contributed by atoms with Gasteiger partial charge in [0.05, 0.1) is 11.1 Å². The predicted octanol–water partition coefficient (Wildman–Crippen LogP) is 3.80. The van der Waals surface area contributed by atoms with E-state index in [9.17, 15) is 8.42 Å². The highest BCUT2D eigenvalue weighted by molar-refractivity contribution is 7.89. The maximum Gasteiger partial charge on any atom is 0.213 e. The van der Waals surface area contributed by atoms with Crippen LogP contribution in [0.5, 0.6) is 0 Å². The minimum atomic E-state index is -3.13. The van der Waals surface area contributed by atoms with E-state index >= 15 is 0 Å². The Morgan fingerprint density at radius 2 is 1.90 bits per heavy atom. The van der Waals surface area contributed by atoms with Crippen LogP contribution in [0.4, 0.5) is 5.82 Å². The molecule has 0 radical (unpaired) electrons. The van der Waals surface area contributed by atoms with Crippen LogP contribution in [0.1, 0.15) is 62.7 Å². The zero-order chi connectivity index (χ0) is 20.8.